The standard InChI is InChI=1S/C9H6F2N2O/c1-5-7(9(10)11)2-6(3-12)8(4-14)13-5/h2,4,9H,1H3. The van der Waals surface area contributed by atoms with Gasteiger partial charge in [0, 0.05) is 11.3 Å². The number of rotatable bonds is 2. The highest BCUT2D eigenvalue weighted by Crippen LogP contribution is 2.22. The van der Waals surface area contributed by atoms with E-state index in [1.54, 1.807) is 6.07 Å². The molecule has 0 saturated heterocycles. The Balaban J connectivity index is 3.39. The maximum atomic E-state index is 12.3. The molecule has 0 spiro atoms. The smallest absolute Gasteiger partial charge is 0.265 e. The molecule has 3 nitrogen and oxygen atoms in total. The van der Waals surface area contributed by atoms with Crippen molar-refractivity contribution in [3.05, 3.63) is 28.6 Å². The highest BCUT2D eigenvalue weighted by molar-refractivity contribution is 5.76. The molecule has 0 aliphatic carbocycles. The van der Waals surface area contributed by atoms with Crippen molar-refractivity contribution in [1.29, 1.82) is 5.26 Å². The Labute approximate surface area is 79.0 Å². The highest BCUT2D eigenvalue weighted by Gasteiger charge is 2.15. The van der Waals surface area contributed by atoms with Gasteiger partial charge < -0.3 is 0 Å². The van der Waals surface area contributed by atoms with Gasteiger partial charge in [-0.25, -0.2) is 13.8 Å². The maximum absolute atomic E-state index is 12.3. The van der Waals surface area contributed by atoms with E-state index in [0.717, 1.165) is 6.07 Å². The van der Waals surface area contributed by atoms with Crippen LogP contribution in [0.3, 0.4) is 0 Å². The van der Waals surface area contributed by atoms with Crippen LogP contribution >= 0.6 is 0 Å². The summed E-state index contributed by atoms with van der Waals surface area (Å²) >= 11 is 0. The number of aromatic nitrogens is 1. The summed E-state index contributed by atoms with van der Waals surface area (Å²) in [4.78, 5) is 14.0. The van der Waals surface area contributed by atoms with E-state index in [1.165, 1.54) is 6.92 Å². The zero-order valence-electron chi connectivity index (χ0n) is 7.29. The third-order valence-electron chi connectivity index (χ3n) is 1.75. The van der Waals surface area contributed by atoms with Crippen molar-refractivity contribution in [1.82, 2.24) is 4.98 Å². The number of nitrogens with zero attached hydrogens (tertiary/aromatic N) is 2. The summed E-state index contributed by atoms with van der Waals surface area (Å²) in [6.45, 7) is 1.37. The molecule has 0 fully saturated rings. The Hall–Kier alpha value is -1.83. The fraction of sp³-hybridized carbons (Fsp3) is 0.222. The lowest BCUT2D eigenvalue weighted by molar-refractivity contribution is 0.111. The summed E-state index contributed by atoms with van der Waals surface area (Å²) in [5.41, 5.74) is -0.469. The molecule has 0 atom stereocenters. The van der Waals surface area contributed by atoms with Gasteiger partial charge in [0.05, 0.1) is 5.56 Å². The van der Waals surface area contributed by atoms with Gasteiger partial charge >= 0.3 is 0 Å². The molecule has 1 aromatic heterocycles. The average molecular weight is 196 g/mol. The number of hydrogen-bond acceptors (Lipinski definition) is 3. The minimum absolute atomic E-state index is 0.0705. The Morgan fingerprint density at radius 3 is 2.71 bits per heavy atom. The summed E-state index contributed by atoms with van der Waals surface area (Å²) in [6.07, 6.45) is -2.31. The van der Waals surface area contributed by atoms with Crippen LogP contribution in [0.15, 0.2) is 6.07 Å². The predicted molar refractivity (Wildman–Crippen MR) is 44.0 cm³/mol. The molecule has 72 valence electrons. The molecule has 0 bridgehead atoms. The number of alkyl halides is 2. The van der Waals surface area contributed by atoms with Crippen molar-refractivity contribution in [3.8, 4) is 6.07 Å². The molecule has 0 aliphatic rings. The normalized spacial score (nSPS) is 9.93. The van der Waals surface area contributed by atoms with Crippen molar-refractivity contribution in [2.75, 3.05) is 0 Å². The van der Waals surface area contributed by atoms with E-state index in [9.17, 15) is 13.6 Å². The van der Waals surface area contributed by atoms with Crippen LogP contribution in [0.25, 0.3) is 0 Å². The molecule has 0 N–H and O–H groups in total. The molecule has 0 radical (unpaired) electrons. The van der Waals surface area contributed by atoms with Crippen molar-refractivity contribution >= 4 is 6.29 Å². The number of halogens is 2. The van der Waals surface area contributed by atoms with Gasteiger partial charge in [-0.1, -0.05) is 0 Å². The molecule has 1 rings (SSSR count). The molecule has 1 heterocycles. The molecule has 0 aliphatic heterocycles. The zero-order valence-corrected chi connectivity index (χ0v) is 7.29. The Bertz CT molecular complexity index is 410. The lowest BCUT2D eigenvalue weighted by Crippen LogP contribution is -2.00. The fourth-order valence-electron chi connectivity index (χ4n) is 1.04. The average Bonchev–Trinajstić information content (AvgIpc) is 2.16. The Morgan fingerprint density at radius 1 is 1.64 bits per heavy atom. The summed E-state index contributed by atoms with van der Waals surface area (Å²) in [5, 5.41) is 8.55. The lowest BCUT2D eigenvalue weighted by Gasteiger charge is -2.05. The third kappa shape index (κ3) is 1.74. The van der Waals surface area contributed by atoms with Gasteiger partial charge in [0.2, 0.25) is 0 Å². The monoisotopic (exact) mass is 196 g/mol. The largest absolute Gasteiger partial charge is 0.296 e. The Kier molecular flexibility index (Phi) is 2.87. The van der Waals surface area contributed by atoms with Crippen LogP contribution in [-0.4, -0.2) is 11.3 Å². The van der Waals surface area contributed by atoms with Crippen molar-refractivity contribution in [2.24, 2.45) is 0 Å². The molecule has 0 saturated carbocycles. The molecule has 1 aromatic rings. The van der Waals surface area contributed by atoms with Gasteiger partial charge in [0.15, 0.2) is 6.29 Å². The van der Waals surface area contributed by atoms with E-state index in [0.29, 0.717) is 6.29 Å². The minimum Gasteiger partial charge on any atom is -0.296 e. The number of hydrogen-bond donors (Lipinski definition) is 0. The fourth-order valence-corrected chi connectivity index (χ4v) is 1.04. The quantitative estimate of drug-likeness (QED) is 0.680. The van der Waals surface area contributed by atoms with Crippen LogP contribution in [0.5, 0.6) is 0 Å². The molecule has 0 amide bonds. The van der Waals surface area contributed by atoms with E-state index in [1.807, 2.05) is 0 Å². The van der Waals surface area contributed by atoms with E-state index in [2.05, 4.69) is 4.98 Å². The maximum Gasteiger partial charge on any atom is 0.265 e. The van der Waals surface area contributed by atoms with Gasteiger partial charge in [-0.05, 0) is 13.0 Å². The first-order valence-electron chi connectivity index (χ1n) is 3.75. The second kappa shape index (κ2) is 3.92. The van der Waals surface area contributed by atoms with Crippen LogP contribution in [0, 0.1) is 18.3 Å². The first-order chi connectivity index (χ1) is 6.60. The summed E-state index contributed by atoms with van der Waals surface area (Å²) in [7, 11) is 0. The number of nitriles is 1. The number of aryl methyl sites for hydroxylation is 1. The SMILES string of the molecule is Cc1nc(C=O)c(C#N)cc1C(F)F. The van der Waals surface area contributed by atoms with Gasteiger partial charge in [0.25, 0.3) is 6.43 Å². The van der Waals surface area contributed by atoms with Crippen LogP contribution in [0.2, 0.25) is 0 Å². The van der Waals surface area contributed by atoms with Crippen LogP contribution in [0.1, 0.15) is 33.7 Å². The second-order valence-electron chi connectivity index (χ2n) is 2.63. The zero-order chi connectivity index (χ0) is 10.7. The van der Waals surface area contributed by atoms with Gasteiger partial charge in [0.1, 0.15) is 11.8 Å². The van der Waals surface area contributed by atoms with Crippen molar-refractivity contribution in [2.45, 2.75) is 13.3 Å². The first kappa shape index (κ1) is 10.3. The van der Waals surface area contributed by atoms with E-state index in [4.69, 9.17) is 5.26 Å². The van der Waals surface area contributed by atoms with Crippen LogP contribution < -0.4 is 0 Å². The molecular formula is C9H6F2N2O. The van der Waals surface area contributed by atoms with Gasteiger partial charge in [-0.3, -0.25) is 4.79 Å². The number of pyridine rings is 1. The number of aldehydes is 1. The Morgan fingerprint density at radius 2 is 2.29 bits per heavy atom. The summed E-state index contributed by atoms with van der Waals surface area (Å²) in [5.74, 6) is 0. The molecular weight excluding hydrogens is 190 g/mol. The molecule has 14 heavy (non-hydrogen) atoms. The van der Waals surface area contributed by atoms with E-state index < -0.39 is 6.43 Å². The van der Waals surface area contributed by atoms with Gasteiger partial charge in [-0.2, -0.15) is 5.26 Å². The summed E-state index contributed by atoms with van der Waals surface area (Å²) < 4.78 is 24.7. The first-order valence-corrected chi connectivity index (χ1v) is 3.75. The van der Waals surface area contributed by atoms with Gasteiger partial charge in [-0.15, -0.1) is 0 Å². The predicted octanol–water partition coefficient (Wildman–Crippen LogP) is 2.01. The third-order valence-corrected chi connectivity index (χ3v) is 1.75. The number of carbonyl (C=O) groups excluding carboxylic acids is 1. The second-order valence-corrected chi connectivity index (χ2v) is 2.63. The van der Waals surface area contributed by atoms with Crippen molar-refractivity contribution < 1.29 is 13.6 Å². The van der Waals surface area contributed by atoms with E-state index >= 15 is 0 Å². The van der Waals surface area contributed by atoms with Crippen LogP contribution in [0.4, 0.5) is 8.78 Å². The summed E-state index contributed by atoms with van der Waals surface area (Å²) in [6, 6.07) is 2.64. The topological polar surface area (TPSA) is 53.8 Å². The minimum atomic E-state index is -2.68. The van der Waals surface area contributed by atoms with Crippen molar-refractivity contribution in [3.63, 3.8) is 0 Å². The molecule has 0 unspecified atom stereocenters. The van der Waals surface area contributed by atoms with Crippen LogP contribution in [-0.2, 0) is 0 Å². The molecule has 5 heteroatoms. The van der Waals surface area contributed by atoms with E-state index in [-0.39, 0.29) is 22.5 Å². The number of carbonyl (C=O) groups is 1. The lowest BCUT2D eigenvalue weighted by atomic mass is 10.1. The highest BCUT2D eigenvalue weighted by atomic mass is 19.3. The molecule has 0 aromatic carbocycles.